The summed E-state index contributed by atoms with van der Waals surface area (Å²) >= 11 is 0. The van der Waals surface area contributed by atoms with Crippen LogP contribution in [0.4, 0.5) is 4.79 Å². The Balaban J connectivity index is 1.73. The van der Waals surface area contributed by atoms with Crippen LogP contribution in [-0.4, -0.2) is 47.9 Å². The fourth-order valence-electron chi connectivity index (χ4n) is 4.07. The van der Waals surface area contributed by atoms with Gasteiger partial charge in [-0.05, 0) is 43.4 Å². The Bertz CT molecular complexity index is 964. The van der Waals surface area contributed by atoms with Gasteiger partial charge in [0.15, 0.2) is 12.0 Å². The highest BCUT2D eigenvalue weighted by molar-refractivity contribution is 5.91. The van der Waals surface area contributed by atoms with Crippen LogP contribution in [0.25, 0.3) is 0 Å². The predicted octanol–water partition coefficient (Wildman–Crippen LogP) is 3.01. The van der Waals surface area contributed by atoms with Crippen molar-refractivity contribution in [1.29, 1.82) is 0 Å². The van der Waals surface area contributed by atoms with Gasteiger partial charge >= 0.3 is 12.1 Å². The van der Waals surface area contributed by atoms with Crippen molar-refractivity contribution < 1.29 is 29.0 Å². The molecule has 0 radical (unpaired) electrons. The topological polar surface area (TPSA) is 114 Å². The molecule has 8 heteroatoms. The summed E-state index contributed by atoms with van der Waals surface area (Å²) in [5.74, 6) is -0.618. The number of aryl methyl sites for hydroxylation is 1. The van der Waals surface area contributed by atoms with E-state index in [9.17, 15) is 14.4 Å². The number of Topliss-reactive ketones (excluding diaryl/α,β-unsaturated/α-hetero) is 1. The number of esters is 1. The van der Waals surface area contributed by atoms with Gasteiger partial charge in [0.05, 0.1) is 18.7 Å². The van der Waals surface area contributed by atoms with Crippen molar-refractivity contribution in [2.45, 2.75) is 57.5 Å². The molecule has 8 nitrogen and oxygen atoms in total. The van der Waals surface area contributed by atoms with Crippen LogP contribution in [0.15, 0.2) is 54.6 Å². The molecule has 3 N–H and O–H groups in total. The molecule has 3 unspecified atom stereocenters. The smallest absolute Gasteiger partial charge is 0.465 e. The van der Waals surface area contributed by atoms with Crippen molar-refractivity contribution in [3.05, 3.63) is 71.3 Å². The number of hydrogen-bond donors (Lipinski definition) is 3. The maximum atomic E-state index is 13.4. The fourth-order valence-corrected chi connectivity index (χ4v) is 4.07. The second-order valence-corrected chi connectivity index (χ2v) is 7.99. The van der Waals surface area contributed by atoms with Gasteiger partial charge in [0.1, 0.15) is 6.04 Å². The van der Waals surface area contributed by atoms with E-state index in [2.05, 4.69) is 10.6 Å². The van der Waals surface area contributed by atoms with Gasteiger partial charge in [-0.15, -0.1) is 0 Å². The van der Waals surface area contributed by atoms with E-state index in [0.29, 0.717) is 19.3 Å². The Morgan fingerprint density at radius 1 is 1.12 bits per heavy atom. The fraction of sp³-hybridized carbons (Fsp3) is 0.400. The van der Waals surface area contributed by atoms with Gasteiger partial charge in [-0.25, -0.2) is 4.79 Å². The third-order valence-electron chi connectivity index (χ3n) is 5.67. The maximum absolute atomic E-state index is 13.4. The summed E-state index contributed by atoms with van der Waals surface area (Å²) in [4.78, 5) is 37.0. The van der Waals surface area contributed by atoms with Crippen LogP contribution in [-0.2, 0) is 31.9 Å². The molecule has 0 spiro atoms. The highest BCUT2D eigenvalue weighted by Gasteiger charge is 2.36. The van der Waals surface area contributed by atoms with E-state index in [1.165, 1.54) is 0 Å². The molecule has 33 heavy (non-hydrogen) atoms. The normalized spacial score (nSPS) is 19.1. The number of rotatable bonds is 10. The molecule has 1 aliphatic heterocycles. The third kappa shape index (κ3) is 6.63. The van der Waals surface area contributed by atoms with E-state index in [0.717, 1.165) is 16.7 Å². The van der Waals surface area contributed by atoms with E-state index >= 15 is 0 Å². The summed E-state index contributed by atoms with van der Waals surface area (Å²) in [6.45, 7) is 3.69. The predicted molar refractivity (Wildman–Crippen MR) is 122 cm³/mol. The van der Waals surface area contributed by atoms with Crippen LogP contribution < -0.4 is 10.6 Å². The molecule has 2 aromatic carbocycles. The lowest BCUT2D eigenvalue weighted by molar-refractivity contribution is -0.146. The highest BCUT2D eigenvalue weighted by Crippen LogP contribution is 2.27. The van der Waals surface area contributed by atoms with Gasteiger partial charge in [0, 0.05) is 6.42 Å². The molecule has 3 rings (SSSR count). The van der Waals surface area contributed by atoms with Gasteiger partial charge < -0.3 is 14.6 Å². The SMILES string of the molecule is CCOC(=O)[C@H](CCc1ccccc1)NC(C)C(=O)C1NC(OC(=O)O)Cc2ccccc21. The molecular weight excluding hydrogens is 424 g/mol. The molecule has 4 atom stereocenters. The number of benzene rings is 2. The van der Waals surface area contributed by atoms with E-state index in [1.54, 1.807) is 13.8 Å². The lowest BCUT2D eigenvalue weighted by atomic mass is 9.89. The van der Waals surface area contributed by atoms with E-state index in [4.69, 9.17) is 14.6 Å². The summed E-state index contributed by atoms with van der Waals surface area (Å²) < 4.78 is 10.1. The van der Waals surface area contributed by atoms with Crippen molar-refractivity contribution in [2.24, 2.45) is 0 Å². The molecule has 1 aliphatic rings. The lowest BCUT2D eigenvalue weighted by Gasteiger charge is -2.33. The Morgan fingerprint density at radius 3 is 2.52 bits per heavy atom. The molecule has 0 saturated heterocycles. The zero-order valence-corrected chi connectivity index (χ0v) is 18.8. The van der Waals surface area contributed by atoms with Crippen LogP contribution in [0, 0.1) is 0 Å². The Hall–Kier alpha value is -3.23. The van der Waals surface area contributed by atoms with Crippen LogP contribution in [0.5, 0.6) is 0 Å². The first-order chi connectivity index (χ1) is 15.9. The second-order valence-electron chi connectivity index (χ2n) is 7.99. The van der Waals surface area contributed by atoms with Crippen molar-refractivity contribution in [2.75, 3.05) is 6.61 Å². The van der Waals surface area contributed by atoms with Crippen molar-refractivity contribution in [1.82, 2.24) is 10.6 Å². The van der Waals surface area contributed by atoms with Crippen LogP contribution in [0.1, 0.15) is 43.0 Å². The minimum absolute atomic E-state index is 0.213. The average Bonchev–Trinajstić information content (AvgIpc) is 2.81. The average molecular weight is 455 g/mol. The highest BCUT2D eigenvalue weighted by atomic mass is 16.7. The van der Waals surface area contributed by atoms with Gasteiger partial charge in [0.25, 0.3) is 0 Å². The van der Waals surface area contributed by atoms with Gasteiger partial charge in [0.2, 0.25) is 0 Å². The van der Waals surface area contributed by atoms with Gasteiger partial charge in [-0.1, -0.05) is 54.6 Å². The summed E-state index contributed by atoms with van der Waals surface area (Å²) in [6, 6.07) is 15.0. The van der Waals surface area contributed by atoms with E-state index < -0.39 is 36.5 Å². The summed E-state index contributed by atoms with van der Waals surface area (Å²) in [6.07, 6.45) is -0.793. The van der Waals surface area contributed by atoms with Crippen LogP contribution >= 0.6 is 0 Å². The molecule has 1 heterocycles. The molecule has 0 amide bonds. The van der Waals surface area contributed by atoms with Gasteiger partial charge in [-0.2, -0.15) is 0 Å². The standard InChI is InChI=1S/C25H30N2O6/c1-3-32-24(29)20(14-13-17-9-5-4-6-10-17)26-16(2)23(28)22-19-12-8-7-11-18(19)15-21(27-22)33-25(30)31/h4-12,16,20-22,26-27H,3,13-15H2,1-2H3,(H,30,31)/t16?,20-,21?,22?/m0/s1. The Kier molecular flexibility index (Phi) is 8.57. The zero-order valence-electron chi connectivity index (χ0n) is 18.8. The molecule has 0 bridgehead atoms. The number of hydrogen-bond acceptors (Lipinski definition) is 7. The number of nitrogens with one attached hydrogen (secondary N) is 2. The molecule has 0 aliphatic carbocycles. The van der Waals surface area contributed by atoms with E-state index in [1.807, 2.05) is 54.6 Å². The van der Waals surface area contributed by atoms with Crippen molar-refractivity contribution in [3.63, 3.8) is 0 Å². The van der Waals surface area contributed by atoms with E-state index in [-0.39, 0.29) is 12.4 Å². The molecule has 0 saturated carbocycles. The number of ketones is 1. The number of ether oxygens (including phenoxy) is 2. The van der Waals surface area contributed by atoms with Crippen LogP contribution in [0.3, 0.4) is 0 Å². The largest absolute Gasteiger partial charge is 0.507 e. The lowest BCUT2D eigenvalue weighted by Crippen LogP contribution is -2.52. The minimum atomic E-state index is -1.41. The Morgan fingerprint density at radius 2 is 1.82 bits per heavy atom. The number of carbonyl (C=O) groups is 3. The zero-order chi connectivity index (χ0) is 23.8. The number of fused-ring (bicyclic) bond motifs is 1. The summed E-state index contributed by atoms with van der Waals surface area (Å²) in [5, 5.41) is 15.2. The monoisotopic (exact) mass is 454 g/mol. The molecular formula is C25H30N2O6. The molecule has 0 fully saturated rings. The second kappa shape index (κ2) is 11.6. The van der Waals surface area contributed by atoms with Gasteiger partial charge in [-0.3, -0.25) is 20.2 Å². The third-order valence-corrected chi connectivity index (χ3v) is 5.67. The first kappa shape index (κ1) is 24.4. The number of carbonyl (C=O) groups excluding carboxylic acids is 2. The Labute approximate surface area is 193 Å². The summed E-state index contributed by atoms with van der Waals surface area (Å²) in [7, 11) is 0. The molecule has 176 valence electrons. The van der Waals surface area contributed by atoms with Crippen molar-refractivity contribution in [3.8, 4) is 0 Å². The minimum Gasteiger partial charge on any atom is -0.465 e. The maximum Gasteiger partial charge on any atom is 0.507 e. The molecule has 2 aromatic rings. The quantitative estimate of drug-likeness (QED) is 0.470. The van der Waals surface area contributed by atoms with Crippen LogP contribution in [0.2, 0.25) is 0 Å². The number of carboxylic acid groups (broad SMARTS) is 1. The first-order valence-corrected chi connectivity index (χ1v) is 11.1. The molecule has 0 aromatic heterocycles. The summed E-state index contributed by atoms with van der Waals surface area (Å²) in [5.41, 5.74) is 2.71. The van der Waals surface area contributed by atoms with Crippen molar-refractivity contribution >= 4 is 17.9 Å². The first-order valence-electron chi connectivity index (χ1n) is 11.1.